The molecule has 1 rings (SSSR count). The molecular formula is C8H15BF3KO. The third-order valence-corrected chi connectivity index (χ3v) is 2.76. The van der Waals surface area contributed by atoms with Gasteiger partial charge in [0, 0.05) is 13.1 Å². The van der Waals surface area contributed by atoms with Crippen LogP contribution in [0, 0.1) is 5.92 Å². The Bertz CT molecular complexity index is 159. The normalized spacial score (nSPS) is 21.4. The average Bonchev–Trinajstić information content (AvgIpc) is 2.05. The Balaban J connectivity index is 0.00000169. The summed E-state index contributed by atoms with van der Waals surface area (Å²) in [6.07, 6.45) is 4.23. The van der Waals surface area contributed by atoms with E-state index in [0.29, 0.717) is 12.8 Å². The first-order chi connectivity index (χ1) is 6.05. The smallest absolute Gasteiger partial charge is 0.447 e. The molecule has 0 radical (unpaired) electrons. The fourth-order valence-corrected chi connectivity index (χ4v) is 2.12. The molecule has 0 aromatic carbocycles. The van der Waals surface area contributed by atoms with Gasteiger partial charge >= 0.3 is 58.4 Å². The van der Waals surface area contributed by atoms with E-state index in [9.17, 15) is 12.9 Å². The molecule has 0 aromatic heterocycles. The van der Waals surface area contributed by atoms with E-state index in [1.165, 1.54) is 0 Å². The van der Waals surface area contributed by atoms with Crippen LogP contribution in [0.1, 0.15) is 32.1 Å². The van der Waals surface area contributed by atoms with Crippen molar-refractivity contribution >= 4 is 6.98 Å². The van der Waals surface area contributed by atoms with Crippen molar-refractivity contribution in [3.63, 3.8) is 0 Å². The largest absolute Gasteiger partial charge is 1.00 e. The molecule has 1 saturated carbocycles. The molecule has 0 heterocycles. The second-order valence-electron chi connectivity index (χ2n) is 3.72. The van der Waals surface area contributed by atoms with Gasteiger partial charge < -0.3 is 17.7 Å². The van der Waals surface area contributed by atoms with Crippen molar-refractivity contribution in [2.24, 2.45) is 5.92 Å². The van der Waals surface area contributed by atoms with E-state index in [1.807, 2.05) is 0 Å². The van der Waals surface area contributed by atoms with Crippen molar-refractivity contribution in [2.75, 3.05) is 7.11 Å². The molecule has 1 aliphatic rings. The molecule has 1 atom stereocenters. The quantitative estimate of drug-likeness (QED) is 0.623. The zero-order valence-electron chi connectivity index (χ0n) is 8.81. The maximum atomic E-state index is 12.4. The van der Waals surface area contributed by atoms with E-state index in [4.69, 9.17) is 0 Å². The van der Waals surface area contributed by atoms with E-state index >= 15 is 0 Å². The molecule has 0 saturated heterocycles. The molecule has 0 aromatic rings. The molecule has 0 aliphatic heterocycles. The molecule has 0 N–H and O–H groups in total. The molecule has 1 unspecified atom stereocenters. The second kappa shape index (κ2) is 6.91. The van der Waals surface area contributed by atoms with E-state index in [0.717, 1.165) is 26.4 Å². The fourth-order valence-electron chi connectivity index (χ4n) is 2.12. The first kappa shape index (κ1) is 15.5. The Kier molecular flexibility index (Phi) is 7.63. The van der Waals surface area contributed by atoms with Gasteiger partial charge in [0.25, 0.3) is 0 Å². The molecule has 1 aliphatic carbocycles. The predicted octanol–water partition coefficient (Wildman–Crippen LogP) is -0.0277. The van der Waals surface area contributed by atoms with Crippen molar-refractivity contribution in [1.82, 2.24) is 0 Å². The van der Waals surface area contributed by atoms with Crippen LogP contribution in [0.3, 0.4) is 0 Å². The summed E-state index contributed by atoms with van der Waals surface area (Å²) in [5, 5.41) is 0. The minimum atomic E-state index is -4.83. The molecule has 0 bridgehead atoms. The minimum Gasteiger partial charge on any atom is -0.447 e. The van der Waals surface area contributed by atoms with Gasteiger partial charge in [-0.2, -0.15) is 0 Å². The van der Waals surface area contributed by atoms with Crippen molar-refractivity contribution in [3.8, 4) is 0 Å². The number of rotatable bonds is 3. The average molecular weight is 234 g/mol. The van der Waals surface area contributed by atoms with Gasteiger partial charge in [0.05, 0.1) is 0 Å². The third kappa shape index (κ3) is 4.53. The Morgan fingerprint density at radius 2 is 1.64 bits per heavy atom. The Morgan fingerprint density at radius 1 is 1.14 bits per heavy atom. The number of hydrogen-bond donors (Lipinski definition) is 0. The van der Waals surface area contributed by atoms with Gasteiger partial charge in [0.1, 0.15) is 0 Å². The summed E-state index contributed by atoms with van der Waals surface area (Å²) in [5.41, 5.74) is 0. The standard InChI is InChI=1S/C8H15BF3O.K/c1-13-8(9(10,11)12)7-5-3-2-4-6-7;/h7-8H,2-6H2,1H3;/q-1;+1. The molecule has 6 heteroatoms. The maximum Gasteiger partial charge on any atom is 1.00 e. The van der Waals surface area contributed by atoms with Gasteiger partial charge in [-0.1, -0.05) is 32.1 Å². The third-order valence-electron chi connectivity index (χ3n) is 2.76. The second-order valence-corrected chi connectivity index (χ2v) is 3.72. The van der Waals surface area contributed by atoms with Crippen LogP contribution in [0.25, 0.3) is 0 Å². The molecule has 14 heavy (non-hydrogen) atoms. The van der Waals surface area contributed by atoms with Crippen LogP contribution < -0.4 is 51.4 Å². The van der Waals surface area contributed by atoms with E-state index in [-0.39, 0.29) is 57.3 Å². The predicted molar refractivity (Wildman–Crippen MR) is 46.5 cm³/mol. The van der Waals surface area contributed by atoms with Crippen molar-refractivity contribution in [2.45, 2.75) is 38.1 Å². The summed E-state index contributed by atoms with van der Waals surface area (Å²) in [6.45, 7) is -4.83. The van der Waals surface area contributed by atoms with E-state index in [1.54, 1.807) is 0 Å². The molecule has 0 amide bonds. The van der Waals surface area contributed by atoms with Crippen LogP contribution in [0.15, 0.2) is 0 Å². The first-order valence-corrected chi connectivity index (χ1v) is 4.78. The van der Waals surface area contributed by atoms with E-state index < -0.39 is 13.0 Å². The Morgan fingerprint density at radius 3 is 2.00 bits per heavy atom. The summed E-state index contributed by atoms with van der Waals surface area (Å²) < 4.78 is 41.9. The van der Waals surface area contributed by atoms with E-state index in [2.05, 4.69) is 4.74 Å². The van der Waals surface area contributed by atoms with Gasteiger partial charge in [-0.3, -0.25) is 0 Å². The first-order valence-electron chi connectivity index (χ1n) is 4.78. The van der Waals surface area contributed by atoms with Gasteiger partial charge in [-0.25, -0.2) is 0 Å². The summed E-state index contributed by atoms with van der Waals surface area (Å²) in [4.78, 5) is 0. The zero-order valence-corrected chi connectivity index (χ0v) is 11.9. The number of methoxy groups -OCH3 is 1. The summed E-state index contributed by atoms with van der Waals surface area (Å²) >= 11 is 0. The van der Waals surface area contributed by atoms with Gasteiger partial charge in [-0.05, 0) is 5.92 Å². The van der Waals surface area contributed by atoms with Gasteiger partial charge in [0.15, 0.2) is 0 Å². The van der Waals surface area contributed by atoms with Crippen molar-refractivity contribution < 1.29 is 69.1 Å². The minimum absolute atomic E-state index is 0. The Hall–Kier alpha value is 1.45. The van der Waals surface area contributed by atoms with Crippen molar-refractivity contribution in [1.29, 1.82) is 0 Å². The molecule has 0 spiro atoms. The van der Waals surface area contributed by atoms with Crippen LogP contribution in [0.4, 0.5) is 12.9 Å². The maximum absolute atomic E-state index is 12.4. The topological polar surface area (TPSA) is 9.23 Å². The SMILES string of the molecule is COC(C1CCCCC1)[B-](F)(F)F.[K+]. The number of halogens is 3. The van der Waals surface area contributed by atoms with Gasteiger partial charge in [0.2, 0.25) is 0 Å². The number of hydrogen-bond acceptors (Lipinski definition) is 1. The van der Waals surface area contributed by atoms with Gasteiger partial charge in [-0.15, -0.1) is 0 Å². The monoisotopic (exact) mass is 234 g/mol. The summed E-state index contributed by atoms with van der Waals surface area (Å²) in [6, 6.07) is -1.49. The molecular weight excluding hydrogens is 219 g/mol. The molecule has 1 nitrogen and oxygen atoms in total. The van der Waals surface area contributed by atoms with Crippen LogP contribution in [-0.2, 0) is 4.74 Å². The van der Waals surface area contributed by atoms with Crippen LogP contribution >= 0.6 is 0 Å². The van der Waals surface area contributed by atoms with Crippen LogP contribution in [-0.4, -0.2) is 20.1 Å². The van der Waals surface area contributed by atoms with Crippen molar-refractivity contribution in [3.05, 3.63) is 0 Å². The van der Waals surface area contributed by atoms with Crippen LogP contribution in [0.2, 0.25) is 0 Å². The number of ether oxygens (including phenoxy) is 1. The Labute approximate surface area is 126 Å². The molecule has 78 valence electrons. The van der Waals surface area contributed by atoms with Crippen LogP contribution in [0.5, 0.6) is 0 Å². The summed E-state index contributed by atoms with van der Waals surface area (Å²) in [5.74, 6) is -0.293. The fraction of sp³-hybridized carbons (Fsp3) is 1.00. The molecule has 1 fully saturated rings. The summed E-state index contributed by atoms with van der Waals surface area (Å²) in [7, 11) is 1.16. The zero-order chi connectivity index (χ0) is 9.90.